The molecule has 9 nitrogen and oxygen atoms in total. The van der Waals surface area contributed by atoms with Crippen molar-refractivity contribution in [3.8, 4) is 0 Å². The number of aryl methyl sites for hydroxylation is 1. The Kier molecular flexibility index (Phi) is 5.11. The summed E-state index contributed by atoms with van der Waals surface area (Å²) in [5.41, 5.74) is -1.39. The molecule has 144 valence electrons. The quantitative estimate of drug-likeness (QED) is 0.761. The Balaban J connectivity index is 1.97. The fraction of sp³-hybridized carbons (Fsp3) is 0.500. The summed E-state index contributed by atoms with van der Waals surface area (Å²) in [6.07, 6.45) is 6.01. The normalized spacial score (nSPS) is 15.0. The van der Waals surface area contributed by atoms with Gasteiger partial charge in [-0.3, -0.25) is 9.59 Å². The summed E-state index contributed by atoms with van der Waals surface area (Å²) in [6.45, 7) is 6.23. The molecule has 1 aliphatic rings. The summed E-state index contributed by atoms with van der Waals surface area (Å²) in [5, 5.41) is 16.3. The van der Waals surface area contributed by atoms with Crippen LogP contribution in [0, 0.1) is 5.92 Å². The van der Waals surface area contributed by atoms with Crippen LogP contribution in [0.1, 0.15) is 72.2 Å². The lowest BCUT2D eigenvalue weighted by molar-refractivity contribution is 0.0694. The van der Waals surface area contributed by atoms with Crippen molar-refractivity contribution in [3.05, 3.63) is 45.9 Å². The van der Waals surface area contributed by atoms with Gasteiger partial charge in [0.05, 0.1) is 6.04 Å². The topological polar surface area (TPSA) is 119 Å². The van der Waals surface area contributed by atoms with Crippen LogP contribution in [0.5, 0.6) is 0 Å². The molecule has 1 atom stereocenters. The van der Waals surface area contributed by atoms with E-state index >= 15 is 0 Å². The van der Waals surface area contributed by atoms with Crippen LogP contribution >= 0.6 is 0 Å². The van der Waals surface area contributed by atoms with Gasteiger partial charge in [0, 0.05) is 25.0 Å². The zero-order valence-electron chi connectivity index (χ0n) is 15.5. The van der Waals surface area contributed by atoms with Gasteiger partial charge >= 0.3 is 5.97 Å². The second kappa shape index (κ2) is 7.34. The lowest BCUT2D eigenvalue weighted by Gasteiger charge is -2.19. The van der Waals surface area contributed by atoms with Gasteiger partial charge in [-0.1, -0.05) is 0 Å². The largest absolute Gasteiger partial charge is 0.477 e. The maximum atomic E-state index is 12.9. The summed E-state index contributed by atoms with van der Waals surface area (Å²) in [7, 11) is 0. The summed E-state index contributed by atoms with van der Waals surface area (Å²) in [4.78, 5) is 41.1. The van der Waals surface area contributed by atoms with E-state index < -0.39 is 22.9 Å². The van der Waals surface area contributed by atoms with Crippen molar-refractivity contribution < 1.29 is 14.7 Å². The van der Waals surface area contributed by atoms with Gasteiger partial charge in [0.25, 0.3) is 5.91 Å². The average Bonchev–Trinajstić information content (AvgIpc) is 3.35. The van der Waals surface area contributed by atoms with E-state index in [0.717, 1.165) is 12.8 Å². The lowest BCUT2D eigenvalue weighted by Crippen LogP contribution is -2.36. The smallest absolute Gasteiger partial charge is 0.341 e. The molecule has 0 aliphatic heterocycles. The van der Waals surface area contributed by atoms with Crippen LogP contribution in [-0.2, 0) is 6.54 Å². The van der Waals surface area contributed by atoms with Gasteiger partial charge in [0.15, 0.2) is 0 Å². The zero-order chi connectivity index (χ0) is 19.7. The van der Waals surface area contributed by atoms with Gasteiger partial charge in [0.2, 0.25) is 5.43 Å². The summed E-state index contributed by atoms with van der Waals surface area (Å²) < 4.78 is 3.27. The first kappa shape index (κ1) is 18.8. The summed E-state index contributed by atoms with van der Waals surface area (Å²) in [5.74, 6) is -1.07. The number of rotatable bonds is 7. The highest BCUT2D eigenvalue weighted by Crippen LogP contribution is 2.40. The van der Waals surface area contributed by atoms with Crippen molar-refractivity contribution in [1.29, 1.82) is 0 Å². The molecule has 3 rings (SSSR count). The number of nitrogens with one attached hydrogen (secondary N) is 1. The number of hydrogen-bond acceptors (Lipinski definition) is 5. The number of amides is 1. The number of carbonyl (C=O) groups excluding carboxylic acids is 1. The first-order valence-electron chi connectivity index (χ1n) is 9.01. The number of hydrogen-bond donors (Lipinski definition) is 2. The van der Waals surface area contributed by atoms with Crippen molar-refractivity contribution in [2.45, 2.75) is 52.2 Å². The first-order chi connectivity index (χ1) is 12.8. The Morgan fingerprint density at radius 1 is 1.30 bits per heavy atom. The van der Waals surface area contributed by atoms with Crippen LogP contribution in [0.4, 0.5) is 0 Å². The number of aromatic carboxylic acids is 1. The number of carbonyl (C=O) groups is 2. The van der Waals surface area contributed by atoms with E-state index in [2.05, 4.69) is 15.4 Å². The highest BCUT2D eigenvalue weighted by atomic mass is 16.4. The summed E-state index contributed by atoms with van der Waals surface area (Å²) >= 11 is 0. The standard InChI is InChI=1S/C18H23N5O4/c1-4-23-16(19-9-20-23)14(11-5-6-11)21-17(25)12-7-22(10(2)3)8-13(15(12)24)18(26)27/h7-11,14H,4-6H2,1-3H3,(H,21,25)(H,26,27). The molecule has 0 radical (unpaired) electrons. The van der Waals surface area contributed by atoms with Crippen LogP contribution in [0.2, 0.25) is 0 Å². The highest BCUT2D eigenvalue weighted by Gasteiger charge is 2.37. The number of pyridine rings is 1. The van der Waals surface area contributed by atoms with E-state index in [9.17, 15) is 19.5 Å². The van der Waals surface area contributed by atoms with Crippen molar-refractivity contribution in [2.75, 3.05) is 0 Å². The lowest BCUT2D eigenvalue weighted by atomic mass is 10.1. The van der Waals surface area contributed by atoms with Crippen LogP contribution in [0.15, 0.2) is 23.5 Å². The number of aromatic nitrogens is 4. The van der Waals surface area contributed by atoms with Crippen LogP contribution in [0.25, 0.3) is 0 Å². The summed E-state index contributed by atoms with van der Waals surface area (Å²) in [6, 6.07) is -0.460. The van der Waals surface area contributed by atoms with Gasteiger partial charge in [-0.15, -0.1) is 0 Å². The monoisotopic (exact) mass is 373 g/mol. The molecule has 0 bridgehead atoms. The molecule has 2 aromatic rings. The average molecular weight is 373 g/mol. The predicted octanol–water partition coefficient (Wildman–Crippen LogP) is 1.62. The van der Waals surface area contributed by atoms with Gasteiger partial charge in [-0.2, -0.15) is 5.10 Å². The zero-order valence-corrected chi connectivity index (χ0v) is 15.5. The molecule has 1 aliphatic carbocycles. The fourth-order valence-corrected chi connectivity index (χ4v) is 3.01. The first-order valence-corrected chi connectivity index (χ1v) is 9.01. The van der Waals surface area contributed by atoms with Crippen LogP contribution in [0.3, 0.4) is 0 Å². The maximum absolute atomic E-state index is 12.9. The van der Waals surface area contributed by atoms with E-state index in [1.54, 1.807) is 9.25 Å². The molecule has 1 unspecified atom stereocenters. The molecule has 1 amide bonds. The molecular weight excluding hydrogens is 350 g/mol. The molecule has 2 aromatic heterocycles. The fourth-order valence-electron chi connectivity index (χ4n) is 3.01. The van der Waals surface area contributed by atoms with Crippen LogP contribution in [-0.4, -0.2) is 36.3 Å². The maximum Gasteiger partial charge on any atom is 0.341 e. The van der Waals surface area contributed by atoms with E-state index in [0.29, 0.717) is 12.4 Å². The minimum atomic E-state index is -1.35. The van der Waals surface area contributed by atoms with Gasteiger partial charge in [-0.05, 0) is 39.5 Å². The van der Waals surface area contributed by atoms with Crippen molar-refractivity contribution in [1.82, 2.24) is 24.6 Å². The van der Waals surface area contributed by atoms with E-state index in [1.165, 1.54) is 18.7 Å². The Bertz CT molecular complexity index is 926. The molecule has 0 saturated heterocycles. The molecular formula is C18H23N5O4. The van der Waals surface area contributed by atoms with Gasteiger partial charge in [0.1, 0.15) is 23.3 Å². The third-order valence-corrected chi connectivity index (χ3v) is 4.72. The van der Waals surface area contributed by atoms with Crippen LogP contribution < -0.4 is 10.7 Å². The Morgan fingerprint density at radius 2 is 1.96 bits per heavy atom. The van der Waals surface area contributed by atoms with Crippen molar-refractivity contribution in [3.63, 3.8) is 0 Å². The highest BCUT2D eigenvalue weighted by molar-refractivity contribution is 5.97. The van der Waals surface area contributed by atoms with Crippen molar-refractivity contribution >= 4 is 11.9 Å². The Hall–Kier alpha value is -2.97. The van der Waals surface area contributed by atoms with E-state index in [-0.39, 0.29) is 23.6 Å². The second-order valence-electron chi connectivity index (χ2n) is 6.98. The Labute approximate surface area is 156 Å². The molecule has 2 N–H and O–H groups in total. The number of nitrogens with zero attached hydrogens (tertiary/aromatic N) is 4. The second-order valence-corrected chi connectivity index (χ2v) is 6.98. The Morgan fingerprint density at radius 3 is 2.52 bits per heavy atom. The minimum Gasteiger partial charge on any atom is -0.477 e. The molecule has 9 heteroatoms. The molecule has 27 heavy (non-hydrogen) atoms. The van der Waals surface area contributed by atoms with Crippen molar-refractivity contribution in [2.24, 2.45) is 5.92 Å². The molecule has 1 saturated carbocycles. The van der Waals surface area contributed by atoms with E-state index in [1.807, 2.05) is 20.8 Å². The molecule has 2 heterocycles. The van der Waals surface area contributed by atoms with Gasteiger partial charge < -0.3 is 15.0 Å². The third-order valence-electron chi connectivity index (χ3n) is 4.72. The SMILES string of the molecule is CCn1ncnc1C(NC(=O)c1cn(C(C)C)cc(C(=O)O)c1=O)C1CC1. The van der Waals surface area contributed by atoms with E-state index in [4.69, 9.17) is 0 Å². The third kappa shape index (κ3) is 3.76. The molecule has 0 aromatic carbocycles. The minimum absolute atomic E-state index is 0.0994. The number of carboxylic acid groups (broad SMARTS) is 1. The number of carboxylic acids is 1. The molecule has 1 fully saturated rings. The predicted molar refractivity (Wildman–Crippen MR) is 96.7 cm³/mol. The van der Waals surface area contributed by atoms with Gasteiger partial charge in [-0.25, -0.2) is 14.5 Å². The molecule has 0 spiro atoms.